The molecule has 1 heterocycles. The number of furan rings is 1. The van der Waals surface area contributed by atoms with Gasteiger partial charge in [-0.1, -0.05) is 19.3 Å². The molecule has 1 aliphatic rings. The first kappa shape index (κ1) is 18.3. The Morgan fingerprint density at radius 3 is 2.73 bits per heavy atom. The second-order valence-electron chi connectivity index (χ2n) is 6.76. The van der Waals surface area contributed by atoms with Gasteiger partial charge in [0.15, 0.2) is 6.61 Å². The quantitative estimate of drug-likeness (QED) is 0.740. The van der Waals surface area contributed by atoms with Gasteiger partial charge in [0.1, 0.15) is 11.3 Å². The van der Waals surface area contributed by atoms with Crippen molar-refractivity contribution in [3.05, 3.63) is 30.0 Å². The molecular formula is C20H25NO5. The molecule has 1 amide bonds. The molecule has 1 saturated carbocycles. The summed E-state index contributed by atoms with van der Waals surface area (Å²) in [7, 11) is 3.38. The predicted molar refractivity (Wildman–Crippen MR) is 97.1 cm³/mol. The molecule has 0 N–H and O–H groups in total. The van der Waals surface area contributed by atoms with Crippen LogP contribution < -0.4 is 4.74 Å². The van der Waals surface area contributed by atoms with E-state index in [1.807, 2.05) is 12.1 Å². The lowest BCUT2D eigenvalue weighted by molar-refractivity contribution is -0.152. The molecule has 0 radical (unpaired) electrons. The molecule has 6 nitrogen and oxygen atoms in total. The van der Waals surface area contributed by atoms with Crippen LogP contribution in [0.3, 0.4) is 0 Å². The van der Waals surface area contributed by atoms with Crippen LogP contribution in [0.2, 0.25) is 0 Å². The minimum absolute atomic E-state index is 0.0692. The fourth-order valence-corrected chi connectivity index (χ4v) is 3.45. The molecular weight excluding hydrogens is 334 g/mol. The number of ether oxygens (including phenoxy) is 2. The summed E-state index contributed by atoms with van der Waals surface area (Å²) in [5, 5.41) is 0.841. The Kier molecular flexibility index (Phi) is 5.81. The van der Waals surface area contributed by atoms with Gasteiger partial charge < -0.3 is 18.8 Å². The third-order valence-electron chi connectivity index (χ3n) is 5.07. The molecule has 1 fully saturated rings. The number of esters is 1. The van der Waals surface area contributed by atoms with Crippen LogP contribution in [0.15, 0.2) is 28.9 Å². The number of hydrogen-bond donors (Lipinski definition) is 0. The van der Waals surface area contributed by atoms with E-state index in [1.54, 1.807) is 31.4 Å². The number of fused-ring (bicyclic) bond motifs is 1. The van der Waals surface area contributed by atoms with Gasteiger partial charge in [-0.2, -0.15) is 0 Å². The van der Waals surface area contributed by atoms with Gasteiger partial charge in [-0.15, -0.1) is 0 Å². The topological polar surface area (TPSA) is 69.0 Å². The third kappa shape index (κ3) is 4.18. The fraction of sp³-hybridized carbons (Fsp3) is 0.500. The Balaban J connectivity index is 1.53. The number of likely N-dealkylation sites (N-methyl/N-ethyl adjacent to an activating group) is 1. The molecule has 140 valence electrons. The standard InChI is InChI=1S/C20H25NO5/c1-21(15-6-4-3-5-7-15)19(22)13-26-20(23)10-14-12-25-18-11-16(24-2)8-9-17(14)18/h8-9,11-12,15H,3-7,10,13H2,1-2H3. The Hall–Kier alpha value is -2.50. The third-order valence-corrected chi connectivity index (χ3v) is 5.07. The van der Waals surface area contributed by atoms with E-state index in [-0.39, 0.29) is 25.0 Å². The molecule has 0 atom stereocenters. The summed E-state index contributed by atoms with van der Waals surface area (Å²) in [6.07, 6.45) is 7.21. The lowest BCUT2D eigenvalue weighted by Crippen LogP contribution is -2.40. The second-order valence-corrected chi connectivity index (χ2v) is 6.76. The number of amides is 1. The van der Waals surface area contributed by atoms with Crippen molar-refractivity contribution < 1.29 is 23.5 Å². The zero-order chi connectivity index (χ0) is 18.5. The van der Waals surface area contributed by atoms with E-state index in [0.29, 0.717) is 11.3 Å². The first-order valence-corrected chi connectivity index (χ1v) is 9.04. The van der Waals surface area contributed by atoms with E-state index in [4.69, 9.17) is 13.9 Å². The van der Waals surface area contributed by atoms with Crippen LogP contribution in [-0.4, -0.2) is 43.6 Å². The summed E-state index contributed by atoms with van der Waals surface area (Å²) in [5.41, 5.74) is 1.39. The van der Waals surface area contributed by atoms with Crippen LogP contribution in [0.1, 0.15) is 37.7 Å². The molecule has 6 heteroatoms. The minimum Gasteiger partial charge on any atom is -0.497 e. The molecule has 0 bridgehead atoms. The highest BCUT2D eigenvalue weighted by Crippen LogP contribution is 2.26. The van der Waals surface area contributed by atoms with Crippen molar-refractivity contribution in [1.82, 2.24) is 4.90 Å². The van der Waals surface area contributed by atoms with Crippen molar-refractivity contribution in [1.29, 1.82) is 0 Å². The van der Waals surface area contributed by atoms with Gasteiger partial charge in [0.25, 0.3) is 5.91 Å². The summed E-state index contributed by atoms with van der Waals surface area (Å²) >= 11 is 0. The lowest BCUT2D eigenvalue weighted by Gasteiger charge is -2.31. The molecule has 0 spiro atoms. The van der Waals surface area contributed by atoms with Gasteiger partial charge in [-0.3, -0.25) is 9.59 Å². The summed E-state index contributed by atoms with van der Waals surface area (Å²) in [5.74, 6) is 0.110. The van der Waals surface area contributed by atoms with Crippen molar-refractivity contribution in [2.45, 2.75) is 44.6 Å². The first-order valence-electron chi connectivity index (χ1n) is 9.04. The smallest absolute Gasteiger partial charge is 0.310 e. The number of hydrogen-bond acceptors (Lipinski definition) is 5. The van der Waals surface area contributed by atoms with Crippen LogP contribution >= 0.6 is 0 Å². The molecule has 0 unspecified atom stereocenters. The van der Waals surface area contributed by atoms with Crippen molar-refractivity contribution in [2.75, 3.05) is 20.8 Å². The van der Waals surface area contributed by atoms with E-state index in [9.17, 15) is 9.59 Å². The maximum atomic E-state index is 12.2. The SMILES string of the molecule is COc1ccc2c(CC(=O)OCC(=O)N(C)C3CCCCC3)coc2c1. The molecule has 0 saturated heterocycles. The number of carbonyl (C=O) groups excluding carboxylic acids is 2. The Bertz CT molecular complexity index is 776. The van der Waals surface area contributed by atoms with Gasteiger partial charge in [0.2, 0.25) is 0 Å². The molecule has 2 aromatic rings. The van der Waals surface area contributed by atoms with Gasteiger partial charge in [-0.25, -0.2) is 0 Å². The summed E-state index contributed by atoms with van der Waals surface area (Å²) in [6, 6.07) is 5.70. The van der Waals surface area contributed by atoms with E-state index in [0.717, 1.165) is 36.6 Å². The van der Waals surface area contributed by atoms with E-state index in [2.05, 4.69) is 0 Å². The summed E-state index contributed by atoms with van der Waals surface area (Å²) in [6.45, 7) is -0.213. The largest absolute Gasteiger partial charge is 0.497 e. The van der Waals surface area contributed by atoms with Crippen LogP contribution in [-0.2, 0) is 20.7 Å². The monoisotopic (exact) mass is 359 g/mol. The molecule has 0 aliphatic heterocycles. The van der Waals surface area contributed by atoms with Crippen LogP contribution in [0, 0.1) is 0 Å². The number of rotatable bonds is 6. The molecule has 3 rings (SSSR count). The molecule has 1 aliphatic carbocycles. The highest BCUT2D eigenvalue weighted by Gasteiger charge is 2.23. The van der Waals surface area contributed by atoms with Crippen LogP contribution in [0.25, 0.3) is 11.0 Å². The zero-order valence-corrected chi connectivity index (χ0v) is 15.3. The average molecular weight is 359 g/mol. The number of methoxy groups -OCH3 is 1. The van der Waals surface area contributed by atoms with Crippen molar-refractivity contribution >= 4 is 22.8 Å². The Labute approximate surface area is 153 Å². The highest BCUT2D eigenvalue weighted by atomic mass is 16.5. The fourth-order valence-electron chi connectivity index (χ4n) is 3.45. The van der Waals surface area contributed by atoms with Gasteiger partial charge in [-0.05, 0) is 25.0 Å². The normalized spacial score (nSPS) is 15.0. The summed E-state index contributed by atoms with van der Waals surface area (Å²) < 4.78 is 15.8. The molecule has 1 aromatic heterocycles. The average Bonchev–Trinajstić information content (AvgIpc) is 3.08. The number of nitrogens with zero attached hydrogens (tertiary/aromatic N) is 1. The van der Waals surface area contributed by atoms with Gasteiger partial charge >= 0.3 is 5.97 Å². The maximum absolute atomic E-state index is 12.2. The zero-order valence-electron chi connectivity index (χ0n) is 15.3. The number of benzene rings is 1. The van der Waals surface area contributed by atoms with Gasteiger partial charge in [0, 0.05) is 30.1 Å². The Morgan fingerprint density at radius 1 is 1.23 bits per heavy atom. The Morgan fingerprint density at radius 2 is 2.00 bits per heavy atom. The second kappa shape index (κ2) is 8.25. The van der Waals surface area contributed by atoms with Gasteiger partial charge in [0.05, 0.1) is 19.8 Å². The highest BCUT2D eigenvalue weighted by molar-refractivity contribution is 5.87. The summed E-state index contributed by atoms with van der Waals surface area (Å²) in [4.78, 5) is 26.1. The van der Waals surface area contributed by atoms with Crippen molar-refractivity contribution in [2.24, 2.45) is 0 Å². The van der Waals surface area contributed by atoms with E-state index in [1.165, 1.54) is 6.42 Å². The van der Waals surface area contributed by atoms with Crippen molar-refractivity contribution in [3.63, 3.8) is 0 Å². The first-order chi connectivity index (χ1) is 12.6. The van der Waals surface area contributed by atoms with Crippen LogP contribution in [0.4, 0.5) is 0 Å². The minimum atomic E-state index is -0.436. The van der Waals surface area contributed by atoms with E-state index >= 15 is 0 Å². The lowest BCUT2D eigenvalue weighted by atomic mass is 9.94. The number of carbonyl (C=O) groups is 2. The molecule has 26 heavy (non-hydrogen) atoms. The van der Waals surface area contributed by atoms with Crippen molar-refractivity contribution in [3.8, 4) is 5.75 Å². The maximum Gasteiger partial charge on any atom is 0.310 e. The van der Waals surface area contributed by atoms with Crippen LogP contribution in [0.5, 0.6) is 5.75 Å². The molecule has 1 aromatic carbocycles. The predicted octanol–water partition coefficient (Wildman–Crippen LogP) is 3.32. The van der Waals surface area contributed by atoms with E-state index < -0.39 is 5.97 Å².